The third-order valence-electron chi connectivity index (χ3n) is 2.82. The van der Waals surface area contributed by atoms with Gasteiger partial charge < -0.3 is 9.84 Å². The molecule has 3 nitrogen and oxygen atoms in total. The van der Waals surface area contributed by atoms with Crippen LogP contribution in [0.2, 0.25) is 0 Å². The average molecular weight is 256 g/mol. The lowest BCUT2D eigenvalue weighted by Gasteiger charge is -2.11. The summed E-state index contributed by atoms with van der Waals surface area (Å²) < 4.78 is 4.81. The second-order valence-electron chi connectivity index (χ2n) is 4.15. The molecule has 0 aliphatic rings. The topological polar surface area (TPSA) is 46.5 Å². The monoisotopic (exact) mass is 256 g/mol. The lowest BCUT2D eigenvalue weighted by molar-refractivity contribution is -0.153. The van der Waals surface area contributed by atoms with Crippen LogP contribution in [0, 0.1) is 0 Å². The zero-order valence-corrected chi connectivity index (χ0v) is 10.7. The molecule has 2 rings (SSSR count). The van der Waals surface area contributed by atoms with Gasteiger partial charge in [-0.25, -0.2) is 4.79 Å². The zero-order chi connectivity index (χ0) is 13.7. The molecule has 1 atom stereocenters. The number of carbonyl (C=O) groups excluding carboxylic acids is 1. The summed E-state index contributed by atoms with van der Waals surface area (Å²) in [6, 6.07) is 17.1. The third-order valence-corrected chi connectivity index (χ3v) is 2.82. The lowest BCUT2D eigenvalue weighted by Crippen LogP contribution is -2.15. The number of hydrogen-bond acceptors (Lipinski definition) is 3. The Hall–Kier alpha value is -2.13. The van der Waals surface area contributed by atoms with Gasteiger partial charge in [0.1, 0.15) is 0 Å². The number of carbonyl (C=O) groups is 1. The van der Waals surface area contributed by atoms with Crippen LogP contribution < -0.4 is 0 Å². The largest absolute Gasteiger partial charge is 0.464 e. The van der Waals surface area contributed by atoms with Crippen LogP contribution >= 0.6 is 0 Å². The van der Waals surface area contributed by atoms with E-state index in [1.54, 1.807) is 19.1 Å². The maximum atomic E-state index is 11.5. The molecule has 0 amide bonds. The van der Waals surface area contributed by atoms with Crippen molar-refractivity contribution in [3.05, 3.63) is 60.2 Å². The fraction of sp³-hybridized carbons (Fsp3) is 0.188. The first-order valence-electron chi connectivity index (χ1n) is 6.22. The molecule has 2 aromatic rings. The molecule has 1 N–H and O–H groups in total. The van der Waals surface area contributed by atoms with Crippen LogP contribution in [0.15, 0.2) is 54.6 Å². The van der Waals surface area contributed by atoms with E-state index < -0.39 is 12.1 Å². The average Bonchev–Trinajstić information content (AvgIpc) is 2.48. The van der Waals surface area contributed by atoms with Gasteiger partial charge in [-0.2, -0.15) is 0 Å². The number of aliphatic hydroxyl groups excluding tert-OH is 1. The van der Waals surface area contributed by atoms with Gasteiger partial charge in [-0.05, 0) is 29.7 Å². The smallest absolute Gasteiger partial charge is 0.339 e. The predicted molar refractivity (Wildman–Crippen MR) is 73.5 cm³/mol. The summed E-state index contributed by atoms with van der Waals surface area (Å²) in [5.74, 6) is -0.618. The molecule has 2 aromatic carbocycles. The highest BCUT2D eigenvalue weighted by atomic mass is 16.5. The van der Waals surface area contributed by atoms with E-state index >= 15 is 0 Å². The minimum Gasteiger partial charge on any atom is -0.464 e. The SMILES string of the molecule is CCOC(=O)C(O)c1cccc(-c2ccccc2)c1. The summed E-state index contributed by atoms with van der Waals surface area (Å²) in [7, 11) is 0. The molecule has 0 radical (unpaired) electrons. The number of aliphatic hydroxyl groups is 1. The van der Waals surface area contributed by atoms with Crippen LogP contribution in [-0.2, 0) is 9.53 Å². The molecule has 0 aliphatic carbocycles. The first-order chi connectivity index (χ1) is 9.22. The molecule has 0 spiro atoms. The Morgan fingerprint density at radius 3 is 2.47 bits per heavy atom. The van der Waals surface area contributed by atoms with Gasteiger partial charge in [-0.15, -0.1) is 0 Å². The third kappa shape index (κ3) is 3.20. The molecule has 1 unspecified atom stereocenters. The quantitative estimate of drug-likeness (QED) is 0.855. The Balaban J connectivity index is 2.27. The minimum atomic E-state index is -1.23. The zero-order valence-electron chi connectivity index (χ0n) is 10.7. The molecular formula is C16H16O3. The molecule has 0 bridgehead atoms. The van der Waals surface area contributed by atoms with Crippen molar-refractivity contribution in [3.8, 4) is 11.1 Å². The summed E-state index contributed by atoms with van der Waals surface area (Å²) in [6.45, 7) is 1.97. The van der Waals surface area contributed by atoms with Crippen molar-refractivity contribution in [1.82, 2.24) is 0 Å². The van der Waals surface area contributed by atoms with Gasteiger partial charge in [0.2, 0.25) is 0 Å². The standard InChI is InChI=1S/C16H16O3/c1-2-19-16(18)15(17)14-10-6-9-13(11-14)12-7-4-3-5-8-12/h3-11,15,17H,2H2,1H3. The molecule has 0 saturated heterocycles. The molecule has 0 fully saturated rings. The second kappa shape index (κ2) is 6.16. The van der Waals surface area contributed by atoms with E-state index in [0.717, 1.165) is 11.1 Å². The van der Waals surface area contributed by atoms with Crippen LogP contribution in [0.25, 0.3) is 11.1 Å². The van der Waals surface area contributed by atoms with Gasteiger partial charge in [0.15, 0.2) is 6.10 Å². The predicted octanol–water partition coefficient (Wildman–Crippen LogP) is 2.95. The molecule has 0 aliphatic heterocycles. The molecule has 98 valence electrons. The van der Waals surface area contributed by atoms with E-state index in [2.05, 4.69) is 0 Å². The molecule has 3 heteroatoms. The molecule has 0 saturated carbocycles. The van der Waals surface area contributed by atoms with Gasteiger partial charge >= 0.3 is 5.97 Å². The Labute approximate surface area is 112 Å². The van der Waals surface area contributed by atoms with Gasteiger partial charge in [-0.1, -0.05) is 48.5 Å². The van der Waals surface area contributed by atoms with E-state index in [4.69, 9.17) is 4.74 Å². The van der Waals surface area contributed by atoms with Crippen molar-refractivity contribution >= 4 is 5.97 Å². The first kappa shape index (κ1) is 13.3. The highest BCUT2D eigenvalue weighted by Crippen LogP contribution is 2.23. The van der Waals surface area contributed by atoms with Crippen molar-refractivity contribution in [1.29, 1.82) is 0 Å². The number of benzene rings is 2. The van der Waals surface area contributed by atoms with Crippen LogP contribution in [-0.4, -0.2) is 17.7 Å². The number of ether oxygens (including phenoxy) is 1. The Kier molecular flexibility index (Phi) is 4.31. The minimum absolute atomic E-state index is 0.258. The number of hydrogen-bond donors (Lipinski definition) is 1. The molecule has 19 heavy (non-hydrogen) atoms. The fourth-order valence-electron chi connectivity index (χ4n) is 1.88. The first-order valence-corrected chi connectivity index (χ1v) is 6.22. The van der Waals surface area contributed by atoms with Crippen molar-refractivity contribution in [3.63, 3.8) is 0 Å². The number of rotatable bonds is 4. The van der Waals surface area contributed by atoms with Crippen molar-refractivity contribution in [2.45, 2.75) is 13.0 Å². The van der Waals surface area contributed by atoms with E-state index in [-0.39, 0.29) is 6.61 Å². The van der Waals surface area contributed by atoms with Gasteiger partial charge in [0.05, 0.1) is 6.61 Å². The Morgan fingerprint density at radius 2 is 1.79 bits per heavy atom. The van der Waals surface area contributed by atoms with E-state index in [0.29, 0.717) is 5.56 Å². The van der Waals surface area contributed by atoms with Crippen molar-refractivity contribution in [2.75, 3.05) is 6.61 Å². The normalized spacial score (nSPS) is 11.9. The lowest BCUT2D eigenvalue weighted by atomic mass is 10.0. The summed E-state index contributed by atoms with van der Waals surface area (Å²) in [5.41, 5.74) is 2.54. The van der Waals surface area contributed by atoms with Crippen molar-refractivity contribution in [2.24, 2.45) is 0 Å². The van der Waals surface area contributed by atoms with Crippen LogP contribution in [0.4, 0.5) is 0 Å². The highest BCUT2D eigenvalue weighted by molar-refractivity contribution is 5.77. The Morgan fingerprint density at radius 1 is 1.11 bits per heavy atom. The summed E-state index contributed by atoms with van der Waals surface area (Å²) in [6.07, 6.45) is -1.23. The second-order valence-corrected chi connectivity index (χ2v) is 4.15. The Bertz CT molecular complexity index is 549. The van der Waals surface area contributed by atoms with Gasteiger partial charge in [0, 0.05) is 0 Å². The van der Waals surface area contributed by atoms with Crippen molar-refractivity contribution < 1.29 is 14.6 Å². The maximum Gasteiger partial charge on any atom is 0.339 e. The van der Waals surface area contributed by atoms with Crippen LogP contribution in [0.3, 0.4) is 0 Å². The van der Waals surface area contributed by atoms with E-state index in [9.17, 15) is 9.90 Å². The van der Waals surface area contributed by atoms with E-state index in [1.807, 2.05) is 42.5 Å². The molecule has 0 heterocycles. The fourth-order valence-corrected chi connectivity index (χ4v) is 1.88. The van der Waals surface area contributed by atoms with Gasteiger partial charge in [-0.3, -0.25) is 0 Å². The molecule has 0 aromatic heterocycles. The molecular weight excluding hydrogens is 240 g/mol. The van der Waals surface area contributed by atoms with E-state index in [1.165, 1.54) is 0 Å². The van der Waals surface area contributed by atoms with Gasteiger partial charge in [0.25, 0.3) is 0 Å². The highest BCUT2D eigenvalue weighted by Gasteiger charge is 2.18. The summed E-state index contributed by atoms with van der Waals surface area (Å²) in [4.78, 5) is 11.5. The number of esters is 1. The van der Waals surface area contributed by atoms with Crippen LogP contribution in [0.1, 0.15) is 18.6 Å². The maximum absolute atomic E-state index is 11.5. The van der Waals surface area contributed by atoms with Crippen LogP contribution in [0.5, 0.6) is 0 Å². The summed E-state index contributed by atoms with van der Waals surface area (Å²) in [5, 5.41) is 9.92. The summed E-state index contributed by atoms with van der Waals surface area (Å²) >= 11 is 0.